The van der Waals surface area contributed by atoms with Gasteiger partial charge in [-0.15, -0.1) is 0 Å². The van der Waals surface area contributed by atoms with Gasteiger partial charge in [-0.1, -0.05) is 137 Å². The van der Waals surface area contributed by atoms with E-state index in [4.69, 9.17) is 9.47 Å². The number of carbonyl (C=O) groups is 2. The predicted molar refractivity (Wildman–Crippen MR) is 160 cm³/mol. The van der Waals surface area contributed by atoms with Crippen molar-refractivity contribution in [1.29, 1.82) is 0 Å². The summed E-state index contributed by atoms with van der Waals surface area (Å²) in [5.74, 6) is 1.19. The number of unbranched alkanes of at least 4 members (excludes halogenated alkanes) is 14. The fourth-order valence-electron chi connectivity index (χ4n) is 5.63. The van der Waals surface area contributed by atoms with Gasteiger partial charge in [0.2, 0.25) is 0 Å². The topological polar surface area (TPSA) is 52.6 Å². The van der Waals surface area contributed by atoms with Crippen molar-refractivity contribution in [2.45, 2.75) is 169 Å². The van der Waals surface area contributed by atoms with Crippen molar-refractivity contribution in [3.05, 3.63) is 0 Å². The minimum absolute atomic E-state index is 0.100. The number of carbonyl (C=O) groups excluding carboxylic acids is 2. The molecule has 0 saturated heterocycles. The minimum Gasteiger partial charge on any atom is -0.465 e. The van der Waals surface area contributed by atoms with E-state index in [1.165, 1.54) is 89.9 Å². The Morgan fingerprint density at radius 2 is 0.842 bits per heavy atom. The third kappa shape index (κ3) is 19.9. The molecule has 4 nitrogen and oxygen atoms in total. The number of hydrogen-bond acceptors (Lipinski definition) is 4. The molecule has 0 radical (unpaired) electrons. The lowest BCUT2D eigenvalue weighted by Crippen LogP contribution is -2.30. The molecule has 0 aromatic heterocycles. The van der Waals surface area contributed by atoms with E-state index in [-0.39, 0.29) is 23.8 Å². The summed E-state index contributed by atoms with van der Waals surface area (Å²) < 4.78 is 11.2. The highest BCUT2D eigenvalue weighted by Crippen LogP contribution is 2.31. The summed E-state index contributed by atoms with van der Waals surface area (Å²) in [5.41, 5.74) is 0. The van der Waals surface area contributed by atoms with Crippen LogP contribution in [0.25, 0.3) is 0 Å². The Morgan fingerprint density at radius 1 is 0.526 bits per heavy atom. The smallest absolute Gasteiger partial charge is 0.308 e. The molecule has 0 aromatic rings. The first-order valence-corrected chi connectivity index (χ1v) is 16.7. The Morgan fingerprint density at radius 3 is 1.18 bits per heavy atom. The zero-order chi connectivity index (χ0) is 27.8. The summed E-state index contributed by atoms with van der Waals surface area (Å²) in [4.78, 5) is 25.1. The monoisotopic (exact) mass is 536 g/mol. The maximum atomic E-state index is 12.5. The van der Waals surface area contributed by atoms with Gasteiger partial charge in [-0.05, 0) is 43.9 Å². The molecule has 0 bridgehead atoms. The zero-order valence-electron chi connectivity index (χ0n) is 25.9. The third-order valence-electron chi connectivity index (χ3n) is 8.18. The highest BCUT2D eigenvalue weighted by molar-refractivity contribution is 5.76. The minimum atomic E-state index is -0.132. The molecule has 0 N–H and O–H groups in total. The Balaban J connectivity index is 1.99. The van der Waals surface area contributed by atoms with Gasteiger partial charge in [0, 0.05) is 0 Å². The molecule has 38 heavy (non-hydrogen) atoms. The highest BCUT2D eigenvalue weighted by Gasteiger charge is 2.32. The van der Waals surface area contributed by atoms with Gasteiger partial charge in [-0.2, -0.15) is 0 Å². The lowest BCUT2D eigenvalue weighted by Gasteiger charge is -2.26. The third-order valence-corrected chi connectivity index (χ3v) is 8.18. The Bertz CT molecular complexity index is 523. The van der Waals surface area contributed by atoms with Crippen LogP contribution in [0.15, 0.2) is 0 Å². The molecular formula is C34H64O4. The summed E-state index contributed by atoms with van der Waals surface area (Å²) in [6.45, 7) is 10.2. The van der Waals surface area contributed by atoms with Gasteiger partial charge in [-0.3, -0.25) is 9.59 Å². The van der Waals surface area contributed by atoms with Crippen LogP contribution in [0.3, 0.4) is 0 Å². The van der Waals surface area contributed by atoms with Crippen molar-refractivity contribution in [2.75, 3.05) is 13.2 Å². The van der Waals surface area contributed by atoms with Crippen LogP contribution in [0.2, 0.25) is 0 Å². The van der Waals surface area contributed by atoms with Gasteiger partial charge in [-0.25, -0.2) is 0 Å². The summed E-state index contributed by atoms with van der Waals surface area (Å²) in [5, 5.41) is 0. The van der Waals surface area contributed by atoms with E-state index in [1.807, 2.05) is 0 Å². The molecule has 1 rings (SSSR count). The normalized spacial score (nSPS) is 17.7. The maximum absolute atomic E-state index is 12.5. The second kappa shape index (κ2) is 23.8. The van der Waals surface area contributed by atoms with Crippen LogP contribution in [0.1, 0.15) is 169 Å². The second-order valence-electron chi connectivity index (χ2n) is 12.9. The number of ether oxygens (including phenoxy) is 2. The van der Waals surface area contributed by atoms with Crippen LogP contribution in [0, 0.1) is 23.7 Å². The van der Waals surface area contributed by atoms with Crippen molar-refractivity contribution in [2.24, 2.45) is 23.7 Å². The highest BCUT2D eigenvalue weighted by atomic mass is 16.5. The molecule has 2 atom stereocenters. The second-order valence-corrected chi connectivity index (χ2v) is 12.9. The van der Waals surface area contributed by atoms with Crippen LogP contribution in [0.4, 0.5) is 0 Å². The number of rotatable bonds is 24. The Labute approximate surface area is 236 Å². The SMILES string of the molecule is CC(C)CCCCCCCCCCOC(=O)C1CCCC(C(=O)OCCCCCCCCCCC(C)C)C1. The lowest BCUT2D eigenvalue weighted by molar-refractivity contribution is -0.155. The van der Waals surface area contributed by atoms with Gasteiger partial charge < -0.3 is 9.47 Å². The molecule has 4 heteroatoms. The lowest BCUT2D eigenvalue weighted by atomic mass is 9.81. The van der Waals surface area contributed by atoms with Crippen LogP contribution in [-0.4, -0.2) is 25.2 Å². The van der Waals surface area contributed by atoms with Crippen molar-refractivity contribution < 1.29 is 19.1 Å². The van der Waals surface area contributed by atoms with E-state index in [0.29, 0.717) is 19.6 Å². The summed E-state index contributed by atoms with van der Waals surface area (Å²) in [7, 11) is 0. The van der Waals surface area contributed by atoms with Crippen molar-refractivity contribution in [1.82, 2.24) is 0 Å². The molecule has 1 saturated carbocycles. The molecule has 1 aliphatic carbocycles. The van der Waals surface area contributed by atoms with Crippen LogP contribution in [-0.2, 0) is 19.1 Å². The average molecular weight is 537 g/mol. The first-order chi connectivity index (χ1) is 18.4. The van der Waals surface area contributed by atoms with E-state index < -0.39 is 0 Å². The van der Waals surface area contributed by atoms with Crippen LogP contribution >= 0.6 is 0 Å². The summed E-state index contributed by atoms with van der Waals surface area (Å²) >= 11 is 0. The van der Waals surface area contributed by atoms with Gasteiger partial charge in [0.15, 0.2) is 0 Å². The standard InChI is InChI=1S/C34H64O4/c1-29(2)22-17-13-9-5-7-11-15-19-26-37-33(35)31-24-21-25-32(28-31)34(36)38-27-20-16-12-8-6-10-14-18-23-30(3)4/h29-32H,5-28H2,1-4H3. The first-order valence-electron chi connectivity index (χ1n) is 16.7. The molecular weight excluding hydrogens is 472 g/mol. The molecule has 0 aromatic carbocycles. The number of hydrogen-bond donors (Lipinski definition) is 0. The van der Waals surface area contributed by atoms with E-state index in [9.17, 15) is 9.59 Å². The predicted octanol–water partition coefficient (Wildman–Crippen LogP) is 10.2. The Hall–Kier alpha value is -1.06. The van der Waals surface area contributed by atoms with E-state index in [2.05, 4.69) is 27.7 Å². The average Bonchev–Trinajstić information content (AvgIpc) is 2.89. The van der Waals surface area contributed by atoms with Crippen molar-refractivity contribution in [3.8, 4) is 0 Å². The Kier molecular flexibility index (Phi) is 21.9. The molecule has 1 fully saturated rings. The van der Waals surface area contributed by atoms with Gasteiger partial charge in [0.05, 0.1) is 25.0 Å². The van der Waals surface area contributed by atoms with Crippen LogP contribution in [0.5, 0.6) is 0 Å². The molecule has 0 aliphatic heterocycles. The molecule has 0 spiro atoms. The van der Waals surface area contributed by atoms with Crippen molar-refractivity contribution in [3.63, 3.8) is 0 Å². The molecule has 0 amide bonds. The van der Waals surface area contributed by atoms with E-state index in [0.717, 1.165) is 56.8 Å². The molecule has 2 unspecified atom stereocenters. The summed E-state index contributed by atoms with van der Waals surface area (Å²) in [6, 6.07) is 0. The zero-order valence-corrected chi connectivity index (χ0v) is 25.9. The molecule has 224 valence electrons. The largest absolute Gasteiger partial charge is 0.465 e. The number of esters is 2. The van der Waals surface area contributed by atoms with Gasteiger partial charge >= 0.3 is 11.9 Å². The van der Waals surface area contributed by atoms with Crippen LogP contribution < -0.4 is 0 Å². The van der Waals surface area contributed by atoms with E-state index >= 15 is 0 Å². The van der Waals surface area contributed by atoms with Gasteiger partial charge in [0.25, 0.3) is 0 Å². The fraction of sp³-hybridized carbons (Fsp3) is 0.941. The molecule has 1 aliphatic rings. The molecule has 0 heterocycles. The van der Waals surface area contributed by atoms with Gasteiger partial charge in [0.1, 0.15) is 0 Å². The fourth-order valence-corrected chi connectivity index (χ4v) is 5.63. The maximum Gasteiger partial charge on any atom is 0.308 e. The van der Waals surface area contributed by atoms with Crippen molar-refractivity contribution >= 4 is 11.9 Å². The quantitative estimate of drug-likeness (QED) is 0.0909. The van der Waals surface area contributed by atoms with E-state index in [1.54, 1.807) is 0 Å². The first kappa shape index (κ1) is 35.0. The summed E-state index contributed by atoms with van der Waals surface area (Å²) in [6.07, 6.45) is 26.0.